The molecule has 1 aromatic carbocycles. The maximum atomic E-state index is 13.0. The number of nitrogens with zero attached hydrogens (tertiary/aromatic N) is 2. The number of ether oxygens (including phenoxy) is 1. The van der Waals surface area contributed by atoms with Crippen molar-refractivity contribution in [2.75, 3.05) is 19.7 Å². The van der Waals surface area contributed by atoms with Crippen LogP contribution in [0.3, 0.4) is 0 Å². The van der Waals surface area contributed by atoms with E-state index in [2.05, 4.69) is 41.1 Å². The van der Waals surface area contributed by atoms with Gasteiger partial charge in [0.2, 0.25) is 0 Å². The van der Waals surface area contributed by atoms with Crippen molar-refractivity contribution in [2.45, 2.75) is 46.6 Å². The van der Waals surface area contributed by atoms with E-state index < -0.39 is 5.41 Å². The molecule has 1 fully saturated rings. The maximum absolute atomic E-state index is 13.0. The molecule has 0 bridgehead atoms. The topological polar surface area (TPSA) is 42.4 Å². The normalized spacial score (nSPS) is 20.9. The van der Waals surface area contributed by atoms with Crippen LogP contribution in [-0.2, 0) is 22.5 Å². The predicted octanol–water partition coefficient (Wildman–Crippen LogP) is 4.15. The lowest BCUT2D eigenvalue weighted by Gasteiger charge is -2.41. The van der Waals surface area contributed by atoms with E-state index >= 15 is 0 Å². The molecule has 0 radical (unpaired) electrons. The number of benzene rings is 1. The molecule has 4 nitrogen and oxygen atoms in total. The second-order valence-electron chi connectivity index (χ2n) is 7.26. The highest BCUT2D eigenvalue weighted by Gasteiger charge is 2.43. The van der Waals surface area contributed by atoms with Crippen molar-refractivity contribution >= 4 is 17.3 Å². The van der Waals surface area contributed by atoms with Crippen molar-refractivity contribution in [3.8, 4) is 0 Å². The highest BCUT2D eigenvalue weighted by Crippen LogP contribution is 2.36. The van der Waals surface area contributed by atoms with Gasteiger partial charge < -0.3 is 4.74 Å². The molecule has 0 spiro atoms. The first-order valence-electron chi connectivity index (χ1n) is 9.38. The van der Waals surface area contributed by atoms with Gasteiger partial charge in [0.15, 0.2) is 0 Å². The summed E-state index contributed by atoms with van der Waals surface area (Å²) in [4.78, 5) is 21.0. The third-order valence-electron chi connectivity index (χ3n) is 5.20. The highest BCUT2D eigenvalue weighted by molar-refractivity contribution is 7.11. The average molecular weight is 373 g/mol. The molecule has 1 saturated heterocycles. The van der Waals surface area contributed by atoms with Gasteiger partial charge in [0.1, 0.15) is 0 Å². The molecular formula is C21H28N2O2S. The van der Waals surface area contributed by atoms with Crippen LogP contribution in [0.1, 0.15) is 40.8 Å². The number of aryl methyl sites for hydroxylation is 2. The van der Waals surface area contributed by atoms with Gasteiger partial charge in [-0.3, -0.25) is 9.69 Å². The number of piperidine rings is 1. The van der Waals surface area contributed by atoms with Gasteiger partial charge in [0, 0.05) is 24.2 Å². The molecule has 1 aromatic heterocycles. The van der Waals surface area contributed by atoms with Crippen LogP contribution in [0.4, 0.5) is 0 Å². The van der Waals surface area contributed by atoms with Crippen LogP contribution in [0.5, 0.6) is 0 Å². The average Bonchev–Trinajstić information content (AvgIpc) is 3.02. The van der Waals surface area contributed by atoms with Crippen LogP contribution in [-0.4, -0.2) is 35.5 Å². The summed E-state index contributed by atoms with van der Waals surface area (Å²) in [6.45, 7) is 9.10. The molecule has 1 atom stereocenters. The first kappa shape index (κ1) is 19.1. The van der Waals surface area contributed by atoms with E-state index in [9.17, 15) is 4.79 Å². The fraction of sp³-hybridized carbons (Fsp3) is 0.524. The lowest BCUT2D eigenvalue weighted by Crippen LogP contribution is -2.49. The molecular weight excluding hydrogens is 344 g/mol. The van der Waals surface area contributed by atoms with E-state index in [4.69, 9.17) is 4.74 Å². The van der Waals surface area contributed by atoms with Crippen LogP contribution < -0.4 is 0 Å². The van der Waals surface area contributed by atoms with Gasteiger partial charge in [0.25, 0.3) is 0 Å². The van der Waals surface area contributed by atoms with Crippen molar-refractivity contribution in [3.05, 3.63) is 51.5 Å². The smallest absolute Gasteiger partial charge is 0.313 e. The van der Waals surface area contributed by atoms with Gasteiger partial charge in [-0.05, 0) is 57.7 Å². The molecule has 0 amide bonds. The zero-order valence-electron chi connectivity index (χ0n) is 16.0. The number of rotatable bonds is 6. The van der Waals surface area contributed by atoms with E-state index in [1.54, 1.807) is 11.3 Å². The van der Waals surface area contributed by atoms with Crippen LogP contribution >= 0.6 is 11.3 Å². The second-order valence-corrected chi connectivity index (χ2v) is 8.58. The predicted molar refractivity (Wildman–Crippen MR) is 105 cm³/mol. The Morgan fingerprint density at radius 3 is 2.85 bits per heavy atom. The zero-order valence-corrected chi connectivity index (χ0v) is 16.8. The molecule has 0 unspecified atom stereocenters. The SMILES string of the molecule is CCOC(=O)[C@@]1(Cc2ccccc2C)CCCN(Cc2cnc(C)s2)C1. The van der Waals surface area contributed by atoms with E-state index in [0.717, 1.165) is 43.9 Å². The third-order valence-corrected chi connectivity index (χ3v) is 6.10. The number of thiazole rings is 1. The lowest BCUT2D eigenvalue weighted by atomic mass is 9.74. The summed E-state index contributed by atoms with van der Waals surface area (Å²) >= 11 is 1.74. The molecule has 1 aliphatic heterocycles. The summed E-state index contributed by atoms with van der Waals surface area (Å²) in [5.41, 5.74) is 2.03. The number of likely N-dealkylation sites (tertiary alicyclic amines) is 1. The van der Waals surface area contributed by atoms with Gasteiger partial charge in [-0.2, -0.15) is 0 Å². The van der Waals surface area contributed by atoms with Crippen LogP contribution in [0.25, 0.3) is 0 Å². The van der Waals surface area contributed by atoms with Gasteiger partial charge in [0.05, 0.1) is 17.0 Å². The van der Waals surface area contributed by atoms with E-state index in [-0.39, 0.29) is 5.97 Å². The first-order chi connectivity index (χ1) is 12.5. The first-order valence-corrected chi connectivity index (χ1v) is 10.2. The summed E-state index contributed by atoms with van der Waals surface area (Å²) in [7, 11) is 0. The van der Waals surface area contributed by atoms with Crippen molar-refractivity contribution in [1.29, 1.82) is 0 Å². The number of esters is 1. The maximum Gasteiger partial charge on any atom is 0.313 e. The van der Waals surface area contributed by atoms with Gasteiger partial charge in [-0.25, -0.2) is 4.98 Å². The molecule has 1 aliphatic rings. The Hall–Kier alpha value is -1.72. The van der Waals surface area contributed by atoms with Crippen molar-refractivity contribution in [3.63, 3.8) is 0 Å². The summed E-state index contributed by atoms with van der Waals surface area (Å²) < 4.78 is 5.52. The minimum Gasteiger partial charge on any atom is -0.466 e. The van der Waals surface area contributed by atoms with Crippen molar-refractivity contribution in [1.82, 2.24) is 9.88 Å². The van der Waals surface area contributed by atoms with Crippen LogP contribution in [0.2, 0.25) is 0 Å². The molecule has 2 aromatic rings. The van der Waals surface area contributed by atoms with Crippen molar-refractivity contribution < 1.29 is 9.53 Å². The fourth-order valence-corrected chi connectivity index (χ4v) is 4.74. The molecule has 5 heteroatoms. The third kappa shape index (κ3) is 4.33. The molecule has 26 heavy (non-hydrogen) atoms. The van der Waals surface area contributed by atoms with Crippen molar-refractivity contribution in [2.24, 2.45) is 5.41 Å². The molecule has 0 N–H and O–H groups in total. The van der Waals surface area contributed by atoms with Gasteiger partial charge in [-0.15, -0.1) is 11.3 Å². The Bertz CT molecular complexity index is 758. The lowest BCUT2D eigenvalue weighted by molar-refractivity contribution is -0.159. The second kappa shape index (κ2) is 8.31. The molecule has 3 rings (SSSR count). The monoisotopic (exact) mass is 372 g/mol. The number of hydrogen-bond donors (Lipinski definition) is 0. The van der Waals surface area contributed by atoms with E-state index in [1.165, 1.54) is 16.0 Å². The summed E-state index contributed by atoms with van der Waals surface area (Å²) in [5, 5.41) is 1.09. The molecule has 0 saturated carbocycles. The standard InChI is InChI=1S/C21H28N2O2S/c1-4-25-20(24)21(12-18-9-6-5-8-16(18)2)10-7-11-23(15-21)14-19-13-22-17(3)26-19/h5-6,8-9,13H,4,7,10-12,14-15H2,1-3H3/t21-/m1/s1. The Morgan fingerprint density at radius 2 is 2.15 bits per heavy atom. The largest absolute Gasteiger partial charge is 0.466 e. The van der Waals surface area contributed by atoms with E-state index in [0.29, 0.717) is 6.61 Å². The number of carbonyl (C=O) groups is 1. The minimum atomic E-state index is -0.458. The van der Waals surface area contributed by atoms with E-state index in [1.807, 2.05) is 20.0 Å². The molecule has 0 aliphatic carbocycles. The van der Waals surface area contributed by atoms with Crippen LogP contribution in [0.15, 0.2) is 30.5 Å². The summed E-state index contributed by atoms with van der Waals surface area (Å²) in [6.07, 6.45) is 4.61. The minimum absolute atomic E-state index is 0.0477. The fourth-order valence-electron chi connectivity index (χ4n) is 3.90. The summed E-state index contributed by atoms with van der Waals surface area (Å²) in [6, 6.07) is 8.37. The zero-order chi connectivity index (χ0) is 18.6. The number of aromatic nitrogens is 1. The highest BCUT2D eigenvalue weighted by atomic mass is 32.1. The van der Waals surface area contributed by atoms with Gasteiger partial charge >= 0.3 is 5.97 Å². The molecule has 2 heterocycles. The Balaban J connectivity index is 1.82. The number of carbonyl (C=O) groups excluding carboxylic acids is 1. The quantitative estimate of drug-likeness (QED) is 0.715. The Labute approximate surface area is 160 Å². The summed E-state index contributed by atoms with van der Waals surface area (Å²) in [5.74, 6) is -0.0477. The molecule has 140 valence electrons. The Morgan fingerprint density at radius 1 is 1.35 bits per heavy atom. The van der Waals surface area contributed by atoms with Gasteiger partial charge in [-0.1, -0.05) is 24.3 Å². The number of hydrogen-bond acceptors (Lipinski definition) is 5. The Kier molecular flexibility index (Phi) is 6.09. The van der Waals surface area contributed by atoms with Crippen LogP contribution in [0, 0.1) is 19.3 Å².